The molecule has 13 nitrogen and oxygen atoms in total. The minimum absolute atomic E-state index is 0.0200. The van der Waals surface area contributed by atoms with E-state index in [1.165, 1.54) is 26.6 Å². The number of aromatic nitrogens is 2. The van der Waals surface area contributed by atoms with E-state index in [2.05, 4.69) is 10.3 Å². The number of rotatable bonds is 4. The molecule has 2 aromatic rings. The molecule has 4 rings (SSSR count). The molecule has 4 amide bonds. The van der Waals surface area contributed by atoms with Crippen molar-refractivity contribution in [1.29, 1.82) is 0 Å². The number of carbonyl (C=O) groups excluding carboxylic acids is 4. The molecule has 0 bridgehead atoms. The molecular formula is C30H40N6O7. The number of hydrogen-bond acceptors (Lipinski definition) is 8. The van der Waals surface area contributed by atoms with Crippen LogP contribution in [0, 0.1) is 5.41 Å². The summed E-state index contributed by atoms with van der Waals surface area (Å²) in [4.78, 5) is 72.2. The summed E-state index contributed by atoms with van der Waals surface area (Å²) in [5.74, 6) is -0.192. The summed E-state index contributed by atoms with van der Waals surface area (Å²) in [6, 6.07) is 7.48. The Balaban J connectivity index is 1.40. The van der Waals surface area contributed by atoms with Gasteiger partial charge in [0, 0.05) is 43.4 Å². The number of urea groups is 1. The number of nitrogens with one attached hydrogen (secondary N) is 1. The molecule has 2 fully saturated rings. The molecular weight excluding hydrogens is 556 g/mol. The first-order valence-electron chi connectivity index (χ1n) is 14.2. The number of carbonyl (C=O) groups is 4. The summed E-state index contributed by atoms with van der Waals surface area (Å²) in [6.45, 7) is 13.8. The fourth-order valence-electron chi connectivity index (χ4n) is 5.08. The van der Waals surface area contributed by atoms with Crippen molar-refractivity contribution in [2.75, 3.05) is 38.1 Å². The summed E-state index contributed by atoms with van der Waals surface area (Å²) in [6.07, 6.45) is 0.917. The van der Waals surface area contributed by atoms with E-state index < -0.39 is 40.6 Å². The monoisotopic (exact) mass is 596 g/mol. The van der Waals surface area contributed by atoms with Crippen molar-refractivity contribution in [3.63, 3.8) is 0 Å². The van der Waals surface area contributed by atoms with Gasteiger partial charge < -0.3 is 19.3 Å². The van der Waals surface area contributed by atoms with E-state index in [9.17, 15) is 24.0 Å². The van der Waals surface area contributed by atoms with Crippen molar-refractivity contribution in [2.45, 2.75) is 65.8 Å². The predicted molar refractivity (Wildman–Crippen MR) is 158 cm³/mol. The fraction of sp³-hybridized carbons (Fsp3) is 0.533. The van der Waals surface area contributed by atoms with Crippen molar-refractivity contribution in [3.8, 4) is 5.69 Å². The van der Waals surface area contributed by atoms with Crippen LogP contribution in [0.25, 0.3) is 5.69 Å². The van der Waals surface area contributed by atoms with E-state index in [4.69, 9.17) is 9.47 Å². The van der Waals surface area contributed by atoms with Crippen LogP contribution in [-0.4, -0.2) is 98.7 Å². The molecule has 2 aliphatic heterocycles. The quantitative estimate of drug-likeness (QED) is 0.531. The maximum Gasteiger partial charge on any atom is 0.413 e. The number of hydrogen-bond donors (Lipinski definition) is 1. The molecule has 13 heteroatoms. The first-order valence-corrected chi connectivity index (χ1v) is 14.2. The van der Waals surface area contributed by atoms with Crippen LogP contribution in [-0.2, 0) is 14.3 Å². The number of aldehydes is 1. The standard InChI is InChI=1S/C30H40N6O7/c1-28(2,3)24-36(27(41)43-29(4,5)6)30(7,19-42-24)23(38)33-14-16-34(17-15-33)25(39)31-22-12-13-35(26(40)32-22)21-10-8-20(18-37)9-11-21/h8-13,18,24H,14-17,19H2,1-7H3,(H,31,32,39,40)/t24-,30?/m1/s1. The molecule has 0 spiro atoms. The lowest BCUT2D eigenvalue weighted by Gasteiger charge is -2.43. The lowest BCUT2D eigenvalue weighted by atomic mass is 9.91. The van der Waals surface area contributed by atoms with Gasteiger partial charge >= 0.3 is 17.8 Å². The molecule has 2 saturated heterocycles. The van der Waals surface area contributed by atoms with Crippen LogP contribution in [0.15, 0.2) is 41.3 Å². The zero-order valence-electron chi connectivity index (χ0n) is 25.7. The second-order valence-electron chi connectivity index (χ2n) is 13.0. The van der Waals surface area contributed by atoms with Gasteiger partial charge in [-0.2, -0.15) is 4.98 Å². The van der Waals surface area contributed by atoms with Crippen LogP contribution in [0.1, 0.15) is 58.8 Å². The van der Waals surface area contributed by atoms with E-state index in [-0.39, 0.29) is 44.5 Å². The third-order valence-electron chi connectivity index (χ3n) is 7.28. The Kier molecular flexibility index (Phi) is 8.68. The van der Waals surface area contributed by atoms with Crippen LogP contribution in [0.4, 0.5) is 15.4 Å². The van der Waals surface area contributed by atoms with Crippen LogP contribution >= 0.6 is 0 Å². The molecule has 0 saturated carbocycles. The molecule has 2 atom stereocenters. The highest BCUT2D eigenvalue weighted by molar-refractivity contribution is 5.91. The Labute approximate surface area is 250 Å². The third-order valence-corrected chi connectivity index (χ3v) is 7.28. The minimum atomic E-state index is -1.29. The predicted octanol–water partition coefficient (Wildman–Crippen LogP) is 3.12. The third kappa shape index (κ3) is 6.87. The fourth-order valence-corrected chi connectivity index (χ4v) is 5.08. The summed E-state index contributed by atoms with van der Waals surface area (Å²) in [5.41, 5.74) is -2.10. The Bertz CT molecular complexity index is 1430. The van der Waals surface area contributed by atoms with E-state index in [0.717, 1.165) is 0 Å². The van der Waals surface area contributed by atoms with Gasteiger partial charge in [-0.1, -0.05) is 20.8 Å². The van der Waals surface area contributed by atoms with Gasteiger partial charge in [0.2, 0.25) is 0 Å². The van der Waals surface area contributed by atoms with Crippen LogP contribution in [0.2, 0.25) is 0 Å². The maximum atomic E-state index is 13.9. The number of ether oxygens (including phenoxy) is 2. The summed E-state index contributed by atoms with van der Waals surface area (Å²) >= 11 is 0. The molecule has 232 valence electrons. The van der Waals surface area contributed by atoms with E-state index in [1.807, 2.05) is 20.8 Å². The smallest absolute Gasteiger partial charge is 0.413 e. The van der Waals surface area contributed by atoms with E-state index in [1.54, 1.807) is 56.9 Å². The highest BCUT2D eigenvalue weighted by Crippen LogP contribution is 2.39. The molecule has 1 unspecified atom stereocenters. The van der Waals surface area contributed by atoms with Crippen LogP contribution in [0.5, 0.6) is 0 Å². The van der Waals surface area contributed by atoms with E-state index in [0.29, 0.717) is 17.5 Å². The van der Waals surface area contributed by atoms with Crippen LogP contribution in [0.3, 0.4) is 0 Å². The first kappa shape index (κ1) is 31.7. The molecule has 1 N–H and O–H groups in total. The zero-order valence-corrected chi connectivity index (χ0v) is 25.7. The van der Waals surface area contributed by atoms with Gasteiger partial charge in [0.05, 0.1) is 12.3 Å². The number of nitrogens with zero attached hydrogens (tertiary/aromatic N) is 5. The topological polar surface area (TPSA) is 143 Å². The van der Waals surface area contributed by atoms with Gasteiger partial charge in [0.1, 0.15) is 29.5 Å². The second-order valence-corrected chi connectivity index (χ2v) is 13.0. The normalized spacial score (nSPS) is 21.0. The number of amides is 4. The Morgan fingerprint density at radius 2 is 1.60 bits per heavy atom. The van der Waals surface area contributed by atoms with Crippen LogP contribution < -0.4 is 11.0 Å². The van der Waals surface area contributed by atoms with Gasteiger partial charge in [-0.05, 0) is 58.0 Å². The first-order chi connectivity index (χ1) is 20.0. The van der Waals surface area contributed by atoms with Gasteiger partial charge in [-0.3, -0.25) is 24.4 Å². The highest BCUT2D eigenvalue weighted by atomic mass is 16.6. The largest absolute Gasteiger partial charge is 0.444 e. The van der Waals surface area contributed by atoms with Crippen molar-refractivity contribution >= 4 is 30.1 Å². The molecule has 2 aliphatic rings. The number of piperazine rings is 1. The molecule has 0 radical (unpaired) electrons. The molecule has 1 aromatic carbocycles. The molecule has 1 aromatic heterocycles. The lowest BCUT2D eigenvalue weighted by Crippen LogP contribution is -2.64. The Hall–Kier alpha value is -4.26. The van der Waals surface area contributed by atoms with Gasteiger partial charge in [0.15, 0.2) is 0 Å². The number of benzene rings is 1. The maximum absolute atomic E-state index is 13.9. The van der Waals surface area contributed by atoms with Gasteiger partial charge in [-0.25, -0.2) is 14.4 Å². The molecule has 3 heterocycles. The summed E-state index contributed by atoms with van der Waals surface area (Å²) in [5, 5.41) is 2.65. The summed E-state index contributed by atoms with van der Waals surface area (Å²) < 4.78 is 13.0. The average molecular weight is 597 g/mol. The average Bonchev–Trinajstić information content (AvgIpc) is 3.31. The van der Waals surface area contributed by atoms with Gasteiger partial charge in [-0.15, -0.1) is 0 Å². The highest BCUT2D eigenvalue weighted by Gasteiger charge is 2.57. The van der Waals surface area contributed by atoms with Gasteiger partial charge in [0.25, 0.3) is 5.91 Å². The molecule has 43 heavy (non-hydrogen) atoms. The van der Waals surface area contributed by atoms with Crippen molar-refractivity contribution < 1.29 is 28.7 Å². The Morgan fingerprint density at radius 3 is 2.14 bits per heavy atom. The lowest BCUT2D eigenvalue weighted by molar-refractivity contribution is -0.144. The SMILES string of the molecule is CC(C)(C)OC(=O)N1[C@@H](C(C)(C)C)OCC1(C)C(=O)N1CCN(C(=O)Nc2ccn(-c3ccc(C=O)cc3)c(=O)n2)CC1. The van der Waals surface area contributed by atoms with Crippen molar-refractivity contribution in [1.82, 2.24) is 24.3 Å². The van der Waals surface area contributed by atoms with Crippen molar-refractivity contribution in [2.24, 2.45) is 5.41 Å². The summed E-state index contributed by atoms with van der Waals surface area (Å²) in [7, 11) is 0. The number of anilines is 1. The minimum Gasteiger partial charge on any atom is -0.444 e. The molecule has 0 aliphatic carbocycles. The second kappa shape index (κ2) is 11.8. The Morgan fingerprint density at radius 1 is 1.00 bits per heavy atom. The van der Waals surface area contributed by atoms with E-state index >= 15 is 0 Å². The van der Waals surface area contributed by atoms with Crippen molar-refractivity contribution in [3.05, 3.63) is 52.6 Å². The zero-order chi connectivity index (χ0) is 31.7.